The zero-order valence-electron chi connectivity index (χ0n) is 18.5. The molecule has 3 aromatic carbocycles. The molecule has 5 rings (SSSR count). The van der Waals surface area contributed by atoms with E-state index in [0.717, 1.165) is 0 Å². The van der Waals surface area contributed by atoms with Gasteiger partial charge in [0.1, 0.15) is 11.6 Å². The number of rotatable bonds is 5. The van der Waals surface area contributed by atoms with Gasteiger partial charge in [0.2, 0.25) is 5.82 Å². The van der Waals surface area contributed by atoms with Crippen LogP contribution in [0.3, 0.4) is 0 Å². The summed E-state index contributed by atoms with van der Waals surface area (Å²) in [6, 6.07) is 17.9. The molecule has 1 aliphatic heterocycles. The molecule has 0 saturated heterocycles. The van der Waals surface area contributed by atoms with E-state index in [1.54, 1.807) is 61.5 Å². The zero-order valence-corrected chi connectivity index (χ0v) is 19.3. The number of hydrogen-bond donors (Lipinski definition) is 1. The van der Waals surface area contributed by atoms with Crippen molar-refractivity contribution in [3.05, 3.63) is 112 Å². The smallest absolute Gasteiger partial charge is 0.322 e. The maximum absolute atomic E-state index is 14.4. The van der Waals surface area contributed by atoms with Crippen molar-refractivity contribution in [2.45, 2.75) is 19.5 Å². The first kappa shape index (κ1) is 22.7. The first-order chi connectivity index (χ1) is 16.9. The number of benzene rings is 3. The molecule has 1 N–H and O–H groups in total. The summed E-state index contributed by atoms with van der Waals surface area (Å²) in [6.45, 7) is 1.74. The average Bonchev–Trinajstić information content (AvgIpc) is 3.33. The Hall–Kier alpha value is -4.04. The lowest BCUT2D eigenvalue weighted by atomic mass is 9.94. The molecular formula is C26H19ClF2N4O2. The maximum Gasteiger partial charge on any atom is 0.322 e. The molecule has 1 aliphatic rings. The third kappa shape index (κ3) is 4.52. The van der Waals surface area contributed by atoms with E-state index >= 15 is 0 Å². The lowest BCUT2D eigenvalue weighted by Crippen LogP contribution is -2.45. The second kappa shape index (κ2) is 9.31. The molecule has 0 spiro atoms. The van der Waals surface area contributed by atoms with Crippen molar-refractivity contribution >= 4 is 23.2 Å². The minimum Gasteiger partial charge on any atom is -0.334 e. The van der Waals surface area contributed by atoms with E-state index in [2.05, 4.69) is 15.5 Å². The lowest BCUT2D eigenvalue weighted by Gasteiger charge is -2.35. The Labute approximate surface area is 204 Å². The number of hydrogen-bond acceptors (Lipinski definition) is 4. The molecule has 35 heavy (non-hydrogen) atoms. The third-order valence-corrected chi connectivity index (χ3v) is 6.10. The van der Waals surface area contributed by atoms with Gasteiger partial charge in [-0.1, -0.05) is 47.1 Å². The van der Waals surface area contributed by atoms with E-state index in [-0.39, 0.29) is 12.4 Å². The number of carbonyl (C=O) groups excluding carboxylic acids is 1. The monoisotopic (exact) mass is 492 g/mol. The Morgan fingerprint density at radius 1 is 1.03 bits per heavy atom. The standard InChI is InChI=1S/C26H19ClF2N4O2/c1-15-22(25-31-24(32-35-25)17-6-10-19(27)11-7-17)23(16-8-12-20(28)13-9-16)30-26(34)33(15)14-18-4-2-3-5-21(18)29/h2-13,23H,14H2,1H3,(H,30,34). The molecule has 1 unspecified atom stereocenters. The highest BCUT2D eigenvalue weighted by Crippen LogP contribution is 2.38. The number of aromatic nitrogens is 2. The Kier molecular flexibility index (Phi) is 6.05. The van der Waals surface area contributed by atoms with E-state index in [0.29, 0.717) is 38.8 Å². The molecule has 0 bridgehead atoms. The molecule has 1 atom stereocenters. The first-order valence-corrected chi connectivity index (χ1v) is 11.2. The molecule has 0 saturated carbocycles. The summed E-state index contributed by atoms with van der Waals surface area (Å²) < 4.78 is 33.6. The predicted molar refractivity (Wildman–Crippen MR) is 127 cm³/mol. The molecule has 1 aromatic heterocycles. The van der Waals surface area contributed by atoms with Crippen LogP contribution < -0.4 is 5.32 Å². The van der Waals surface area contributed by atoms with E-state index in [1.165, 1.54) is 23.1 Å². The number of nitrogens with one attached hydrogen (secondary N) is 1. The Balaban J connectivity index is 1.60. The van der Waals surface area contributed by atoms with Crippen LogP contribution in [0.25, 0.3) is 17.0 Å². The van der Waals surface area contributed by atoms with Crippen molar-refractivity contribution in [1.82, 2.24) is 20.4 Å². The van der Waals surface area contributed by atoms with Gasteiger partial charge in [0.15, 0.2) is 0 Å². The van der Waals surface area contributed by atoms with Gasteiger partial charge in [0, 0.05) is 21.8 Å². The van der Waals surface area contributed by atoms with Crippen molar-refractivity contribution < 1.29 is 18.1 Å². The lowest BCUT2D eigenvalue weighted by molar-refractivity contribution is 0.202. The summed E-state index contributed by atoms with van der Waals surface area (Å²) in [5.74, 6) is -0.298. The molecule has 176 valence electrons. The predicted octanol–water partition coefficient (Wildman–Crippen LogP) is 6.37. The normalized spacial score (nSPS) is 15.9. The van der Waals surface area contributed by atoms with Gasteiger partial charge in [0.25, 0.3) is 5.89 Å². The molecule has 2 amide bonds. The molecule has 2 heterocycles. The van der Waals surface area contributed by atoms with Crippen LogP contribution in [0.1, 0.15) is 30.0 Å². The molecule has 0 radical (unpaired) electrons. The number of carbonyl (C=O) groups is 1. The molecule has 9 heteroatoms. The van der Waals surface area contributed by atoms with Gasteiger partial charge in [0.05, 0.1) is 18.2 Å². The third-order valence-electron chi connectivity index (χ3n) is 5.84. The minimum atomic E-state index is -0.682. The number of allylic oxidation sites excluding steroid dienone is 1. The van der Waals surface area contributed by atoms with E-state index in [4.69, 9.17) is 16.1 Å². The van der Waals surface area contributed by atoms with Crippen LogP contribution in [0.4, 0.5) is 13.6 Å². The SMILES string of the molecule is CC1=C(c2nc(-c3ccc(Cl)cc3)no2)C(c2ccc(F)cc2)NC(=O)N1Cc1ccccc1F. The average molecular weight is 493 g/mol. The highest BCUT2D eigenvalue weighted by Gasteiger charge is 2.36. The Morgan fingerprint density at radius 3 is 2.46 bits per heavy atom. The second-order valence-electron chi connectivity index (χ2n) is 8.04. The summed E-state index contributed by atoms with van der Waals surface area (Å²) in [4.78, 5) is 19.1. The van der Waals surface area contributed by atoms with E-state index < -0.39 is 23.7 Å². The van der Waals surface area contributed by atoms with Crippen molar-refractivity contribution in [3.8, 4) is 11.4 Å². The largest absolute Gasteiger partial charge is 0.334 e. The van der Waals surface area contributed by atoms with Crippen molar-refractivity contribution in [2.24, 2.45) is 0 Å². The fourth-order valence-corrected chi connectivity index (χ4v) is 4.13. The van der Waals surface area contributed by atoms with Gasteiger partial charge in [-0.3, -0.25) is 4.90 Å². The summed E-state index contributed by atoms with van der Waals surface area (Å²) in [7, 11) is 0. The number of amides is 2. The minimum absolute atomic E-state index is 0.00214. The van der Waals surface area contributed by atoms with E-state index in [1.807, 2.05) is 0 Å². The topological polar surface area (TPSA) is 71.3 Å². The molecule has 0 aliphatic carbocycles. The summed E-state index contributed by atoms with van der Waals surface area (Å²) in [5.41, 5.74) is 2.72. The van der Waals surface area contributed by atoms with Gasteiger partial charge >= 0.3 is 6.03 Å². The van der Waals surface area contributed by atoms with Gasteiger partial charge in [-0.05, 0) is 55.0 Å². The maximum atomic E-state index is 14.4. The summed E-state index contributed by atoms with van der Waals surface area (Å²) in [6.07, 6.45) is 0. The zero-order chi connectivity index (χ0) is 24.5. The molecule has 6 nitrogen and oxygen atoms in total. The number of halogens is 3. The van der Waals surface area contributed by atoms with Gasteiger partial charge < -0.3 is 9.84 Å². The summed E-state index contributed by atoms with van der Waals surface area (Å²) in [5, 5.41) is 7.59. The highest BCUT2D eigenvalue weighted by molar-refractivity contribution is 6.30. The van der Waals surface area contributed by atoms with Crippen LogP contribution in [0, 0.1) is 11.6 Å². The van der Waals surface area contributed by atoms with Crippen LogP contribution in [0.2, 0.25) is 5.02 Å². The van der Waals surface area contributed by atoms with Crippen molar-refractivity contribution in [2.75, 3.05) is 0 Å². The van der Waals surface area contributed by atoms with Crippen LogP contribution in [0.5, 0.6) is 0 Å². The van der Waals surface area contributed by atoms with Crippen LogP contribution >= 0.6 is 11.6 Å². The van der Waals surface area contributed by atoms with Gasteiger partial charge in [-0.2, -0.15) is 4.98 Å². The Morgan fingerprint density at radius 2 is 1.74 bits per heavy atom. The first-order valence-electron chi connectivity index (χ1n) is 10.8. The highest BCUT2D eigenvalue weighted by atomic mass is 35.5. The summed E-state index contributed by atoms with van der Waals surface area (Å²) >= 11 is 5.98. The quantitative estimate of drug-likeness (QED) is 0.351. The van der Waals surface area contributed by atoms with Crippen LogP contribution in [0.15, 0.2) is 83.0 Å². The fraction of sp³-hybridized carbons (Fsp3) is 0.115. The van der Waals surface area contributed by atoms with Crippen LogP contribution in [-0.2, 0) is 6.54 Å². The fourth-order valence-electron chi connectivity index (χ4n) is 4.00. The van der Waals surface area contributed by atoms with E-state index in [9.17, 15) is 13.6 Å². The number of urea groups is 1. The van der Waals surface area contributed by atoms with Gasteiger partial charge in [-0.15, -0.1) is 0 Å². The second-order valence-corrected chi connectivity index (χ2v) is 8.48. The Bertz CT molecular complexity index is 1420. The van der Waals surface area contributed by atoms with Crippen molar-refractivity contribution in [1.29, 1.82) is 0 Å². The van der Waals surface area contributed by atoms with Crippen molar-refractivity contribution in [3.63, 3.8) is 0 Å². The van der Waals surface area contributed by atoms with Gasteiger partial charge in [-0.25, -0.2) is 13.6 Å². The van der Waals surface area contributed by atoms with Crippen LogP contribution in [-0.4, -0.2) is 21.1 Å². The number of nitrogens with zero attached hydrogens (tertiary/aromatic N) is 3. The molecule has 0 fully saturated rings. The molecular weight excluding hydrogens is 474 g/mol. The molecule has 4 aromatic rings.